The SMILES string of the molecule is CCC(C)CCCOC(=O)CCCN1C(=O)C=CC1=O. The van der Waals surface area contributed by atoms with E-state index in [9.17, 15) is 14.4 Å². The third-order valence-electron chi connectivity index (χ3n) is 3.46. The lowest BCUT2D eigenvalue weighted by Gasteiger charge is -2.13. The summed E-state index contributed by atoms with van der Waals surface area (Å²) in [6.07, 6.45) is 6.26. The number of esters is 1. The maximum absolute atomic E-state index is 11.5. The number of rotatable bonds is 9. The van der Waals surface area contributed by atoms with E-state index in [4.69, 9.17) is 4.74 Å². The van der Waals surface area contributed by atoms with Crippen LogP contribution in [0.5, 0.6) is 0 Å². The Bertz CT molecular complexity index is 371. The quantitative estimate of drug-likeness (QED) is 0.369. The van der Waals surface area contributed by atoms with Gasteiger partial charge < -0.3 is 4.74 Å². The molecule has 2 amide bonds. The van der Waals surface area contributed by atoms with Crippen molar-refractivity contribution in [3.8, 4) is 0 Å². The predicted molar refractivity (Wildman–Crippen MR) is 74.7 cm³/mol. The molecular weight excluding hydrogens is 258 g/mol. The van der Waals surface area contributed by atoms with Crippen LogP contribution in [-0.2, 0) is 19.1 Å². The number of amides is 2. The molecule has 0 aromatic carbocycles. The Morgan fingerprint density at radius 1 is 1.25 bits per heavy atom. The van der Waals surface area contributed by atoms with Crippen LogP contribution in [0.15, 0.2) is 12.2 Å². The van der Waals surface area contributed by atoms with Gasteiger partial charge in [0.2, 0.25) is 0 Å². The molecule has 5 nitrogen and oxygen atoms in total. The van der Waals surface area contributed by atoms with E-state index in [1.54, 1.807) is 0 Å². The highest BCUT2D eigenvalue weighted by atomic mass is 16.5. The molecule has 1 unspecified atom stereocenters. The van der Waals surface area contributed by atoms with Gasteiger partial charge in [-0.2, -0.15) is 0 Å². The molecule has 1 rings (SSSR count). The second-order valence-electron chi connectivity index (χ2n) is 5.14. The van der Waals surface area contributed by atoms with Crippen LogP contribution in [-0.4, -0.2) is 35.8 Å². The van der Waals surface area contributed by atoms with E-state index < -0.39 is 0 Å². The Morgan fingerprint density at radius 3 is 2.50 bits per heavy atom. The molecule has 0 saturated heterocycles. The zero-order valence-corrected chi connectivity index (χ0v) is 12.3. The first kappa shape index (κ1) is 16.4. The predicted octanol–water partition coefficient (Wildman–Crippen LogP) is 2.06. The van der Waals surface area contributed by atoms with Gasteiger partial charge in [0.15, 0.2) is 0 Å². The average Bonchev–Trinajstić information content (AvgIpc) is 2.75. The number of carbonyl (C=O) groups excluding carboxylic acids is 3. The molecule has 112 valence electrons. The summed E-state index contributed by atoms with van der Waals surface area (Å²) in [5.74, 6) is -0.219. The Balaban J connectivity index is 2.06. The van der Waals surface area contributed by atoms with Crippen LogP contribution < -0.4 is 0 Å². The van der Waals surface area contributed by atoms with Gasteiger partial charge in [-0.3, -0.25) is 19.3 Å². The van der Waals surface area contributed by atoms with Crippen molar-refractivity contribution < 1.29 is 19.1 Å². The zero-order chi connectivity index (χ0) is 15.0. The highest BCUT2D eigenvalue weighted by Gasteiger charge is 2.22. The lowest BCUT2D eigenvalue weighted by Crippen LogP contribution is -2.31. The van der Waals surface area contributed by atoms with E-state index >= 15 is 0 Å². The fraction of sp³-hybridized carbons (Fsp3) is 0.667. The second-order valence-corrected chi connectivity index (χ2v) is 5.14. The summed E-state index contributed by atoms with van der Waals surface area (Å²) in [5.41, 5.74) is 0. The largest absolute Gasteiger partial charge is 0.466 e. The molecule has 5 heteroatoms. The molecule has 0 N–H and O–H groups in total. The number of ether oxygens (including phenoxy) is 1. The van der Waals surface area contributed by atoms with Gasteiger partial charge in [0.25, 0.3) is 11.8 Å². The van der Waals surface area contributed by atoms with E-state index in [0.29, 0.717) is 18.9 Å². The van der Waals surface area contributed by atoms with Crippen molar-refractivity contribution in [2.45, 2.75) is 46.0 Å². The van der Waals surface area contributed by atoms with Crippen LogP contribution in [0.25, 0.3) is 0 Å². The van der Waals surface area contributed by atoms with Crippen LogP contribution in [0.4, 0.5) is 0 Å². The van der Waals surface area contributed by atoms with Gasteiger partial charge in [-0.05, 0) is 25.2 Å². The molecule has 0 spiro atoms. The Kier molecular flexibility index (Phi) is 6.98. The summed E-state index contributed by atoms with van der Waals surface area (Å²) in [5, 5.41) is 0. The lowest BCUT2D eigenvalue weighted by atomic mass is 10.0. The molecule has 0 saturated carbocycles. The number of hydrogen-bond acceptors (Lipinski definition) is 4. The minimum atomic E-state index is -0.308. The van der Waals surface area contributed by atoms with Crippen LogP contribution in [0, 0.1) is 5.92 Å². The van der Waals surface area contributed by atoms with Crippen LogP contribution in [0.1, 0.15) is 46.0 Å². The van der Waals surface area contributed by atoms with Gasteiger partial charge in [-0.15, -0.1) is 0 Å². The first-order valence-corrected chi connectivity index (χ1v) is 7.23. The number of nitrogens with zero attached hydrogens (tertiary/aromatic N) is 1. The van der Waals surface area contributed by atoms with Crippen molar-refractivity contribution in [3.63, 3.8) is 0 Å². The maximum Gasteiger partial charge on any atom is 0.305 e. The molecule has 1 atom stereocenters. The summed E-state index contributed by atoms with van der Waals surface area (Å²) in [6.45, 7) is 5.05. The van der Waals surface area contributed by atoms with Crippen molar-refractivity contribution >= 4 is 17.8 Å². The first-order chi connectivity index (χ1) is 9.54. The minimum Gasteiger partial charge on any atom is -0.466 e. The number of carbonyl (C=O) groups is 3. The highest BCUT2D eigenvalue weighted by Crippen LogP contribution is 2.09. The number of imide groups is 1. The molecule has 0 radical (unpaired) electrons. The smallest absolute Gasteiger partial charge is 0.305 e. The van der Waals surface area contributed by atoms with Gasteiger partial charge in [-0.25, -0.2) is 0 Å². The Morgan fingerprint density at radius 2 is 1.90 bits per heavy atom. The monoisotopic (exact) mass is 281 g/mol. The third kappa shape index (κ3) is 5.55. The Labute approximate surface area is 120 Å². The molecule has 1 aliphatic heterocycles. The van der Waals surface area contributed by atoms with Crippen molar-refractivity contribution in [3.05, 3.63) is 12.2 Å². The topological polar surface area (TPSA) is 63.7 Å². The van der Waals surface area contributed by atoms with Gasteiger partial charge in [-0.1, -0.05) is 20.3 Å². The molecule has 20 heavy (non-hydrogen) atoms. The van der Waals surface area contributed by atoms with Crippen molar-refractivity contribution in [2.24, 2.45) is 5.92 Å². The van der Waals surface area contributed by atoms with Gasteiger partial charge >= 0.3 is 5.97 Å². The Hall–Kier alpha value is -1.65. The summed E-state index contributed by atoms with van der Waals surface area (Å²) >= 11 is 0. The maximum atomic E-state index is 11.5. The minimum absolute atomic E-state index is 0.236. The molecule has 0 aliphatic carbocycles. The van der Waals surface area contributed by atoms with E-state index in [0.717, 1.165) is 24.2 Å². The summed E-state index contributed by atoms with van der Waals surface area (Å²) in [4.78, 5) is 35.1. The first-order valence-electron chi connectivity index (χ1n) is 7.23. The number of hydrogen-bond donors (Lipinski definition) is 0. The van der Waals surface area contributed by atoms with Gasteiger partial charge in [0.1, 0.15) is 0 Å². The average molecular weight is 281 g/mol. The van der Waals surface area contributed by atoms with Gasteiger partial charge in [0, 0.05) is 25.1 Å². The fourth-order valence-electron chi connectivity index (χ4n) is 1.93. The summed E-state index contributed by atoms with van der Waals surface area (Å²) < 4.78 is 5.11. The van der Waals surface area contributed by atoms with Crippen molar-refractivity contribution in [1.29, 1.82) is 0 Å². The van der Waals surface area contributed by atoms with Crippen molar-refractivity contribution in [1.82, 2.24) is 4.90 Å². The molecular formula is C15H23NO4. The van der Waals surface area contributed by atoms with E-state index in [2.05, 4.69) is 13.8 Å². The molecule has 0 fully saturated rings. The molecule has 1 aliphatic rings. The van der Waals surface area contributed by atoms with E-state index in [1.165, 1.54) is 12.2 Å². The standard InChI is InChI=1S/C15H23NO4/c1-3-12(2)6-5-11-20-15(19)7-4-10-16-13(17)8-9-14(16)18/h8-9,12H,3-7,10-11H2,1-2H3. The summed E-state index contributed by atoms with van der Waals surface area (Å²) in [6, 6.07) is 0. The molecule has 0 aromatic rings. The van der Waals surface area contributed by atoms with Crippen LogP contribution in [0.2, 0.25) is 0 Å². The van der Waals surface area contributed by atoms with Crippen LogP contribution >= 0.6 is 0 Å². The fourth-order valence-corrected chi connectivity index (χ4v) is 1.93. The molecule has 0 bridgehead atoms. The molecule has 0 aromatic heterocycles. The highest BCUT2D eigenvalue weighted by molar-refractivity contribution is 6.12. The van der Waals surface area contributed by atoms with Crippen LogP contribution in [0.3, 0.4) is 0 Å². The zero-order valence-electron chi connectivity index (χ0n) is 12.3. The van der Waals surface area contributed by atoms with E-state index in [1.807, 2.05) is 0 Å². The molecule has 1 heterocycles. The summed E-state index contributed by atoms with van der Waals surface area (Å²) in [7, 11) is 0. The van der Waals surface area contributed by atoms with Crippen molar-refractivity contribution in [2.75, 3.05) is 13.2 Å². The lowest BCUT2D eigenvalue weighted by molar-refractivity contribution is -0.145. The third-order valence-corrected chi connectivity index (χ3v) is 3.46. The van der Waals surface area contributed by atoms with Gasteiger partial charge in [0.05, 0.1) is 6.61 Å². The normalized spacial score (nSPS) is 15.8. The van der Waals surface area contributed by atoms with E-state index in [-0.39, 0.29) is 30.7 Å². The second kappa shape index (κ2) is 8.51.